The molecule has 5 nitrogen and oxygen atoms in total. The Kier molecular flexibility index (Phi) is 5.44. The minimum absolute atomic E-state index is 0.00431. The molecule has 1 aromatic rings. The van der Waals surface area contributed by atoms with Crippen LogP contribution in [-0.4, -0.2) is 43.7 Å². The molecular formula is C16H24N2O3. The Bertz CT molecular complexity index is 478. The van der Waals surface area contributed by atoms with Crippen molar-refractivity contribution >= 4 is 5.91 Å². The maximum Gasteiger partial charge on any atom is 0.225 e. The second-order valence-electron chi connectivity index (χ2n) is 5.55. The van der Waals surface area contributed by atoms with Crippen molar-refractivity contribution in [1.82, 2.24) is 4.90 Å². The lowest BCUT2D eigenvalue weighted by molar-refractivity contribution is -0.135. The highest BCUT2D eigenvalue weighted by molar-refractivity contribution is 5.78. The summed E-state index contributed by atoms with van der Waals surface area (Å²) in [6, 6.07) is 7.59. The van der Waals surface area contributed by atoms with Crippen molar-refractivity contribution in [3.63, 3.8) is 0 Å². The number of carbonyl (C=O) groups excluding carboxylic acids is 1. The van der Waals surface area contributed by atoms with Crippen molar-refractivity contribution in [3.8, 4) is 11.5 Å². The van der Waals surface area contributed by atoms with Crippen LogP contribution < -0.4 is 15.2 Å². The zero-order chi connectivity index (χ0) is 15.2. The summed E-state index contributed by atoms with van der Waals surface area (Å²) in [7, 11) is 1.81. The quantitative estimate of drug-likeness (QED) is 0.866. The molecule has 1 aliphatic rings. The van der Waals surface area contributed by atoms with Gasteiger partial charge in [-0.1, -0.05) is 19.1 Å². The molecule has 1 aliphatic heterocycles. The summed E-state index contributed by atoms with van der Waals surface area (Å²) in [4.78, 5) is 14.0. The Labute approximate surface area is 126 Å². The van der Waals surface area contributed by atoms with Crippen LogP contribution in [0.1, 0.15) is 19.8 Å². The molecule has 2 unspecified atom stereocenters. The molecule has 2 N–H and O–H groups in total. The second-order valence-corrected chi connectivity index (χ2v) is 5.55. The van der Waals surface area contributed by atoms with E-state index in [4.69, 9.17) is 15.2 Å². The minimum Gasteiger partial charge on any atom is -0.486 e. The van der Waals surface area contributed by atoms with E-state index >= 15 is 0 Å². The number of hydrogen-bond acceptors (Lipinski definition) is 4. The molecule has 116 valence electrons. The first-order valence-electron chi connectivity index (χ1n) is 7.45. The van der Waals surface area contributed by atoms with Gasteiger partial charge in [0.1, 0.15) is 6.61 Å². The van der Waals surface area contributed by atoms with Crippen molar-refractivity contribution in [3.05, 3.63) is 24.3 Å². The standard InChI is InChI=1S/C16H24N2O3/c1-12(6-5-9-17)16(19)18(2)10-13-11-20-14-7-3-4-8-15(14)21-13/h3-4,7-8,12-13H,5-6,9-11,17H2,1-2H3. The van der Waals surface area contributed by atoms with Gasteiger partial charge in [0.15, 0.2) is 17.6 Å². The molecule has 1 amide bonds. The lowest BCUT2D eigenvalue weighted by atomic mass is 10.0. The van der Waals surface area contributed by atoms with Crippen LogP contribution in [0.5, 0.6) is 11.5 Å². The fourth-order valence-corrected chi connectivity index (χ4v) is 2.47. The van der Waals surface area contributed by atoms with Gasteiger partial charge in [0.05, 0.1) is 6.54 Å². The van der Waals surface area contributed by atoms with E-state index in [9.17, 15) is 4.79 Å². The predicted octanol–water partition coefficient (Wildman–Crippen LogP) is 1.66. The summed E-state index contributed by atoms with van der Waals surface area (Å²) in [5.41, 5.74) is 5.49. The van der Waals surface area contributed by atoms with Gasteiger partial charge >= 0.3 is 0 Å². The van der Waals surface area contributed by atoms with Gasteiger partial charge in [-0.15, -0.1) is 0 Å². The van der Waals surface area contributed by atoms with Crippen LogP contribution in [-0.2, 0) is 4.79 Å². The maximum absolute atomic E-state index is 12.3. The van der Waals surface area contributed by atoms with Crippen molar-refractivity contribution in [1.29, 1.82) is 0 Å². The average Bonchev–Trinajstić information content (AvgIpc) is 2.51. The van der Waals surface area contributed by atoms with E-state index in [-0.39, 0.29) is 17.9 Å². The largest absolute Gasteiger partial charge is 0.486 e. The topological polar surface area (TPSA) is 64.8 Å². The Balaban J connectivity index is 1.86. The average molecular weight is 292 g/mol. The molecule has 0 aliphatic carbocycles. The van der Waals surface area contributed by atoms with Gasteiger partial charge in [-0.25, -0.2) is 0 Å². The van der Waals surface area contributed by atoms with Crippen LogP contribution in [0.4, 0.5) is 0 Å². The smallest absolute Gasteiger partial charge is 0.225 e. The molecule has 21 heavy (non-hydrogen) atoms. The van der Waals surface area contributed by atoms with Crippen LogP contribution in [0.3, 0.4) is 0 Å². The van der Waals surface area contributed by atoms with Gasteiger partial charge in [0.2, 0.25) is 5.91 Å². The first-order chi connectivity index (χ1) is 10.1. The predicted molar refractivity (Wildman–Crippen MR) is 81.4 cm³/mol. The molecule has 0 spiro atoms. The molecule has 0 bridgehead atoms. The van der Waals surface area contributed by atoms with E-state index in [1.165, 1.54) is 0 Å². The van der Waals surface area contributed by atoms with Gasteiger partial charge in [0.25, 0.3) is 0 Å². The van der Waals surface area contributed by atoms with E-state index in [2.05, 4.69) is 0 Å². The number of amides is 1. The van der Waals surface area contributed by atoms with Gasteiger partial charge < -0.3 is 20.1 Å². The molecule has 0 saturated carbocycles. The highest BCUT2D eigenvalue weighted by atomic mass is 16.6. The third-order valence-electron chi connectivity index (χ3n) is 3.68. The number of nitrogens with two attached hydrogens (primary N) is 1. The minimum atomic E-state index is -0.129. The summed E-state index contributed by atoms with van der Waals surface area (Å²) < 4.78 is 11.5. The monoisotopic (exact) mass is 292 g/mol. The van der Waals surface area contributed by atoms with Crippen LogP contribution in [0.25, 0.3) is 0 Å². The number of hydrogen-bond donors (Lipinski definition) is 1. The molecule has 0 radical (unpaired) electrons. The van der Waals surface area contributed by atoms with Crippen LogP contribution in [0.2, 0.25) is 0 Å². The van der Waals surface area contributed by atoms with Crippen LogP contribution in [0, 0.1) is 5.92 Å². The molecule has 1 aromatic carbocycles. The van der Waals surface area contributed by atoms with Gasteiger partial charge in [-0.2, -0.15) is 0 Å². The Morgan fingerprint density at radius 3 is 2.86 bits per heavy atom. The normalized spacial score (nSPS) is 18.1. The molecule has 1 heterocycles. The lowest BCUT2D eigenvalue weighted by Gasteiger charge is -2.30. The molecule has 0 fully saturated rings. The second kappa shape index (κ2) is 7.31. The Morgan fingerprint density at radius 2 is 2.14 bits per heavy atom. The van der Waals surface area contributed by atoms with E-state index < -0.39 is 0 Å². The fourth-order valence-electron chi connectivity index (χ4n) is 2.47. The van der Waals surface area contributed by atoms with Gasteiger partial charge in [0, 0.05) is 13.0 Å². The van der Waals surface area contributed by atoms with E-state index in [1.54, 1.807) is 4.90 Å². The highest BCUT2D eigenvalue weighted by Crippen LogP contribution is 2.31. The third kappa shape index (κ3) is 4.11. The molecular weight excluding hydrogens is 268 g/mol. The SMILES string of the molecule is CC(CCCN)C(=O)N(C)CC1COc2ccccc2O1. The molecule has 0 saturated heterocycles. The molecule has 2 rings (SSSR count). The number of fused-ring (bicyclic) bond motifs is 1. The van der Waals surface area contributed by atoms with Crippen LogP contribution in [0.15, 0.2) is 24.3 Å². The number of ether oxygens (including phenoxy) is 2. The van der Waals surface area contributed by atoms with Crippen LogP contribution >= 0.6 is 0 Å². The van der Waals surface area contributed by atoms with Crippen molar-refractivity contribution in [2.75, 3.05) is 26.7 Å². The number of likely N-dealkylation sites (N-methyl/N-ethyl adjacent to an activating group) is 1. The number of rotatable bonds is 6. The summed E-state index contributed by atoms with van der Waals surface area (Å²) in [6.45, 7) is 3.56. The summed E-state index contributed by atoms with van der Waals surface area (Å²) in [5, 5.41) is 0. The maximum atomic E-state index is 12.3. The van der Waals surface area contributed by atoms with Gasteiger partial charge in [-0.05, 0) is 31.5 Å². The van der Waals surface area contributed by atoms with Crippen molar-refractivity contribution in [2.24, 2.45) is 11.7 Å². The summed E-state index contributed by atoms with van der Waals surface area (Å²) >= 11 is 0. The lowest BCUT2D eigenvalue weighted by Crippen LogP contribution is -2.43. The summed E-state index contributed by atoms with van der Waals surface area (Å²) in [5.74, 6) is 1.63. The highest BCUT2D eigenvalue weighted by Gasteiger charge is 2.25. The zero-order valence-electron chi connectivity index (χ0n) is 12.7. The van der Waals surface area contributed by atoms with Crippen molar-refractivity contribution in [2.45, 2.75) is 25.9 Å². The first kappa shape index (κ1) is 15.6. The fraction of sp³-hybridized carbons (Fsp3) is 0.562. The molecule has 5 heteroatoms. The zero-order valence-corrected chi connectivity index (χ0v) is 12.7. The van der Waals surface area contributed by atoms with E-state index in [1.807, 2.05) is 38.2 Å². The van der Waals surface area contributed by atoms with Crippen molar-refractivity contribution < 1.29 is 14.3 Å². The third-order valence-corrected chi connectivity index (χ3v) is 3.68. The Morgan fingerprint density at radius 1 is 1.43 bits per heavy atom. The van der Waals surface area contributed by atoms with Gasteiger partial charge in [-0.3, -0.25) is 4.79 Å². The number of carbonyl (C=O) groups is 1. The van der Waals surface area contributed by atoms with E-state index in [0.717, 1.165) is 24.3 Å². The number of para-hydroxylation sites is 2. The molecule has 2 atom stereocenters. The summed E-state index contributed by atoms with van der Waals surface area (Å²) in [6.07, 6.45) is 1.57. The number of nitrogens with zero attached hydrogens (tertiary/aromatic N) is 1. The van der Waals surface area contributed by atoms with E-state index in [0.29, 0.717) is 19.7 Å². The Hall–Kier alpha value is -1.75. The molecule has 0 aromatic heterocycles. The number of benzene rings is 1. The first-order valence-corrected chi connectivity index (χ1v) is 7.45.